The normalized spacial score (nSPS) is 20.2. The predicted octanol–water partition coefficient (Wildman–Crippen LogP) is 8.25. The van der Waals surface area contributed by atoms with E-state index in [1.165, 1.54) is 14.2 Å². The van der Waals surface area contributed by atoms with Gasteiger partial charge in [0.25, 0.3) is 0 Å². The van der Waals surface area contributed by atoms with Crippen LogP contribution >= 0.6 is 0 Å². The maximum Gasteiger partial charge on any atom is 0.407 e. The molecule has 0 unspecified atom stereocenters. The van der Waals surface area contributed by atoms with Crippen molar-refractivity contribution in [2.75, 3.05) is 26.9 Å². The van der Waals surface area contributed by atoms with Crippen molar-refractivity contribution < 1.29 is 28.7 Å². The number of rotatable bonds is 10. The van der Waals surface area contributed by atoms with Gasteiger partial charge in [-0.1, -0.05) is 88.7 Å². The Morgan fingerprint density at radius 1 is 0.770 bits per heavy atom. The summed E-state index contributed by atoms with van der Waals surface area (Å²) in [6.45, 7) is 9.05. The summed E-state index contributed by atoms with van der Waals surface area (Å²) in [6.07, 6.45) is 8.10. The number of hydrogen-bond donors (Lipinski definition) is 4. The lowest BCUT2D eigenvalue weighted by molar-refractivity contribution is -0.136. The van der Waals surface area contributed by atoms with Crippen LogP contribution in [0.5, 0.6) is 0 Å². The molecule has 3 aromatic carbocycles. The largest absolute Gasteiger partial charge is 0.453 e. The van der Waals surface area contributed by atoms with Gasteiger partial charge in [-0.15, -0.1) is 0 Å². The number of alkyl carbamates (subject to hydrolysis) is 2. The number of amides is 4. The molecule has 14 nitrogen and oxygen atoms in total. The molecule has 4 heterocycles. The van der Waals surface area contributed by atoms with Crippen molar-refractivity contribution in [2.24, 2.45) is 11.8 Å². The number of nitrogens with zero attached hydrogens (tertiary/aromatic N) is 4. The molecule has 4 amide bonds. The lowest BCUT2D eigenvalue weighted by Gasteiger charge is -2.34. The second kappa shape index (κ2) is 17.3. The molecule has 2 aliphatic heterocycles. The highest BCUT2D eigenvalue weighted by molar-refractivity contribution is 6.78. The molecule has 0 bridgehead atoms. The summed E-state index contributed by atoms with van der Waals surface area (Å²) in [7, 11) is 0.864. The van der Waals surface area contributed by atoms with E-state index in [4.69, 9.17) is 19.4 Å². The monoisotopic (exact) mass is 846 g/mol. The molecule has 61 heavy (non-hydrogen) atoms. The van der Waals surface area contributed by atoms with Gasteiger partial charge in [-0.05, 0) is 77.8 Å². The smallest absolute Gasteiger partial charge is 0.407 e. The second-order valence-corrected chi connectivity index (χ2v) is 23.2. The number of likely N-dealkylation sites (tertiary alicyclic amines) is 1. The van der Waals surface area contributed by atoms with Crippen molar-refractivity contribution >= 4 is 53.9 Å². The first-order valence-corrected chi connectivity index (χ1v) is 25.1. The highest BCUT2D eigenvalue weighted by Crippen LogP contribution is 2.40. The minimum absolute atomic E-state index is 0.0601. The number of methoxy groups -OCH3 is 2. The Bertz CT molecular complexity index is 2420. The quantitative estimate of drug-likeness (QED) is 0.102. The molecule has 8 rings (SSSR count). The maximum absolute atomic E-state index is 14.0. The Hall–Kier alpha value is -5.70. The van der Waals surface area contributed by atoms with E-state index in [0.29, 0.717) is 12.7 Å². The van der Waals surface area contributed by atoms with Crippen LogP contribution in [0, 0.1) is 11.8 Å². The molecule has 2 aromatic heterocycles. The van der Waals surface area contributed by atoms with E-state index in [-0.39, 0.29) is 35.7 Å². The molecule has 1 saturated carbocycles. The van der Waals surface area contributed by atoms with Crippen LogP contribution in [-0.4, -0.2) is 101 Å². The van der Waals surface area contributed by atoms with Crippen molar-refractivity contribution in [2.45, 2.75) is 102 Å². The van der Waals surface area contributed by atoms with Gasteiger partial charge < -0.3 is 39.9 Å². The number of fused-ring (bicyclic) bond motifs is 3. The van der Waals surface area contributed by atoms with Crippen LogP contribution in [0.15, 0.2) is 60.8 Å². The molecule has 322 valence electrons. The van der Waals surface area contributed by atoms with Gasteiger partial charge >= 0.3 is 12.2 Å². The number of ether oxygens (including phenoxy) is 2. The van der Waals surface area contributed by atoms with E-state index >= 15 is 0 Å². The fourth-order valence-electron chi connectivity index (χ4n) is 9.80. The van der Waals surface area contributed by atoms with Crippen molar-refractivity contribution in [3.63, 3.8) is 0 Å². The van der Waals surface area contributed by atoms with E-state index in [9.17, 15) is 19.2 Å². The van der Waals surface area contributed by atoms with Crippen LogP contribution < -0.4 is 10.6 Å². The number of hydrogen-bond acceptors (Lipinski definition) is 8. The summed E-state index contributed by atoms with van der Waals surface area (Å²) in [5, 5.41) is 7.72. The lowest BCUT2D eigenvalue weighted by Crippen LogP contribution is -2.52. The summed E-state index contributed by atoms with van der Waals surface area (Å²) < 4.78 is 9.74. The molecule has 3 fully saturated rings. The zero-order valence-electron chi connectivity index (χ0n) is 36.0. The van der Waals surface area contributed by atoms with Gasteiger partial charge in [-0.2, -0.15) is 0 Å². The molecule has 0 spiro atoms. The highest BCUT2D eigenvalue weighted by Gasteiger charge is 2.46. The van der Waals surface area contributed by atoms with Gasteiger partial charge in [0.05, 0.1) is 57.3 Å². The molecule has 4 N–H and O–H groups in total. The van der Waals surface area contributed by atoms with Gasteiger partial charge in [-0.25, -0.2) is 19.6 Å². The molecule has 0 radical (unpaired) electrons. The molecule has 3 aliphatic rings. The fraction of sp³-hybridized carbons (Fsp3) is 0.478. The number of H-pyrrole nitrogens is 2. The fourth-order valence-corrected chi connectivity index (χ4v) is 12.7. The van der Waals surface area contributed by atoms with Crippen LogP contribution in [0.2, 0.25) is 19.1 Å². The van der Waals surface area contributed by atoms with Gasteiger partial charge in [-0.3, -0.25) is 9.59 Å². The number of nitrogens with one attached hydrogen (secondary N) is 4. The Balaban J connectivity index is 0.990. The van der Waals surface area contributed by atoms with Crippen LogP contribution in [-0.2, 0) is 19.1 Å². The van der Waals surface area contributed by atoms with Crippen molar-refractivity contribution in [3.05, 3.63) is 72.4 Å². The maximum atomic E-state index is 14.0. The molecule has 2 saturated heterocycles. The van der Waals surface area contributed by atoms with Crippen LogP contribution in [0.3, 0.4) is 0 Å². The van der Waals surface area contributed by atoms with Gasteiger partial charge in [0.1, 0.15) is 23.7 Å². The summed E-state index contributed by atoms with van der Waals surface area (Å²) in [5.41, 5.74) is 5.79. The van der Waals surface area contributed by atoms with Crippen LogP contribution in [0.4, 0.5) is 9.59 Å². The number of carbonyl (C=O) groups is 4. The third-order valence-corrected chi connectivity index (χ3v) is 15.7. The van der Waals surface area contributed by atoms with E-state index in [1.807, 2.05) is 29.8 Å². The summed E-state index contributed by atoms with van der Waals surface area (Å²) in [6, 6.07) is 18.1. The van der Waals surface area contributed by atoms with Gasteiger partial charge in [0.2, 0.25) is 11.8 Å². The van der Waals surface area contributed by atoms with Crippen molar-refractivity contribution in [1.29, 1.82) is 0 Å². The van der Waals surface area contributed by atoms with E-state index in [0.717, 1.165) is 107 Å². The predicted molar refractivity (Wildman–Crippen MR) is 237 cm³/mol. The standard InChI is InChI=1S/C46H58N8O6Si/c1-27(2)38(51-45(57)59-3)43(55)54-26-61(5,6)25-37(54)42-48-34-21-19-32-23-31(18-20-33(32)40(34)50-42)28-14-16-29(17-15-28)35-24-47-41(49-35)36-13-10-22-53(36)44(56)39(52-46(58)60-4)30-11-8-7-9-12-30/h14-21,23-24,27,30,36-39H,7-13,22,25-26H2,1-6H3,(H,47,49)(H,48,50)(H,51,57)(H,52,58)/t36-,37-,38-,39-/m0/s1. The number of aromatic amines is 2. The average molecular weight is 847 g/mol. The molecule has 1 aliphatic carbocycles. The highest BCUT2D eigenvalue weighted by atomic mass is 28.3. The van der Waals surface area contributed by atoms with E-state index < -0.39 is 32.3 Å². The SMILES string of the molecule is COC(=O)N[C@H](C(=O)N1C[Si](C)(C)C[C@H]1c1nc2c(ccc3cc(-c4ccc(-c5cnc([C@@H]6CCCN6C(=O)[C@@H](NC(=O)OC)C6CCCCC6)[nH]5)cc4)ccc32)[nH]1)C(C)C. The molecular formula is C46H58N8O6Si. The Labute approximate surface area is 357 Å². The topological polar surface area (TPSA) is 175 Å². The van der Waals surface area contributed by atoms with Crippen molar-refractivity contribution in [1.82, 2.24) is 40.4 Å². The zero-order chi connectivity index (χ0) is 43.0. The molecular weight excluding hydrogens is 789 g/mol. The summed E-state index contributed by atoms with van der Waals surface area (Å²) in [5.74, 6) is 1.33. The number of aromatic nitrogens is 4. The van der Waals surface area contributed by atoms with Crippen LogP contribution in [0.25, 0.3) is 44.2 Å². The van der Waals surface area contributed by atoms with Crippen molar-refractivity contribution in [3.8, 4) is 22.4 Å². The van der Waals surface area contributed by atoms with E-state index in [1.54, 1.807) is 0 Å². The molecule has 4 atom stereocenters. The third kappa shape index (κ3) is 8.61. The molecule has 15 heteroatoms. The summed E-state index contributed by atoms with van der Waals surface area (Å²) >= 11 is 0. The minimum atomic E-state index is -1.78. The van der Waals surface area contributed by atoms with Crippen LogP contribution in [0.1, 0.15) is 82.5 Å². The Morgan fingerprint density at radius 2 is 1.48 bits per heavy atom. The number of carbonyl (C=O) groups excluding carboxylic acids is 4. The van der Waals surface area contributed by atoms with Gasteiger partial charge in [0, 0.05) is 18.1 Å². The van der Waals surface area contributed by atoms with E-state index in [2.05, 4.69) is 88.3 Å². The first-order valence-electron chi connectivity index (χ1n) is 21.7. The number of imidazole rings is 2. The first-order chi connectivity index (χ1) is 29.3. The second-order valence-electron chi connectivity index (χ2n) is 18.2. The summed E-state index contributed by atoms with van der Waals surface area (Å²) in [4.78, 5) is 73.3. The lowest BCUT2D eigenvalue weighted by atomic mass is 9.83. The first kappa shape index (κ1) is 42.0. The average Bonchev–Trinajstić information content (AvgIpc) is 4.10. The Kier molecular flexibility index (Phi) is 11.9. The third-order valence-electron chi connectivity index (χ3n) is 13.0. The van der Waals surface area contributed by atoms with Gasteiger partial charge in [0.15, 0.2) is 0 Å². The number of benzene rings is 3. The zero-order valence-corrected chi connectivity index (χ0v) is 37.0. The Morgan fingerprint density at radius 3 is 2.20 bits per heavy atom. The molecule has 5 aromatic rings. The minimum Gasteiger partial charge on any atom is -0.453 e.